The molecule has 196 valence electrons. The number of alkyl halides is 3. The largest absolute Gasteiger partial charge is 0.433 e. The number of hydrogen-bond acceptors (Lipinski definition) is 8. The van der Waals surface area contributed by atoms with Crippen molar-refractivity contribution in [3.8, 4) is 0 Å². The van der Waals surface area contributed by atoms with E-state index < -0.39 is 11.9 Å². The average Bonchev–Trinajstić information content (AvgIpc) is 2.88. The lowest BCUT2D eigenvalue weighted by Gasteiger charge is -2.36. The summed E-state index contributed by atoms with van der Waals surface area (Å²) in [4.78, 5) is 17.6. The quantitative estimate of drug-likeness (QED) is 0.392. The van der Waals surface area contributed by atoms with E-state index in [2.05, 4.69) is 43.9 Å². The maximum Gasteiger partial charge on any atom is 0.433 e. The van der Waals surface area contributed by atoms with Crippen LogP contribution in [0.1, 0.15) is 30.9 Å². The summed E-state index contributed by atoms with van der Waals surface area (Å²) in [5.41, 5.74) is 7.53. The number of anilines is 1. The van der Waals surface area contributed by atoms with E-state index in [4.69, 9.17) is 11.1 Å². The Hall–Kier alpha value is -3.57. The molecule has 4 heterocycles. The van der Waals surface area contributed by atoms with Gasteiger partial charge in [-0.3, -0.25) is 14.8 Å². The molecule has 0 radical (unpaired) electrons. The standard InChI is InChI=1S/C26H31F3N8/c1-17(2)37-12-10-36(11-13-37)9-8-32-18-14-23-21(33-16-18)7-6-20(34-23)19(15-30)25(31)22-4-3-5-24(35-22)26(27,28)29/h3-7,14-17,30,32H,8-13,31H2,1-2H3. The zero-order chi connectivity index (χ0) is 26.6. The number of nitrogens with zero attached hydrogens (tertiary/aromatic N) is 5. The molecule has 4 N–H and O–H groups in total. The maximum atomic E-state index is 13.1. The van der Waals surface area contributed by atoms with E-state index in [9.17, 15) is 13.2 Å². The molecule has 11 heteroatoms. The predicted octanol–water partition coefficient (Wildman–Crippen LogP) is 3.96. The summed E-state index contributed by atoms with van der Waals surface area (Å²) in [6.45, 7) is 10.4. The Morgan fingerprint density at radius 1 is 1.08 bits per heavy atom. The van der Waals surface area contributed by atoms with E-state index in [0.29, 0.717) is 22.8 Å². The van der Waals surface area contributed by atoms with Crippen LogP contribution < -0.4 is 11.1 Å². The number of aromatic nitrogens is 3. The summed E-state index contributed by atoms with van der Waals surface area (Å²) in [5, 5.41) is 11.2. The molecule has 1 aliphatic heterocycles. The third-order valence-corrected chi connectivity index (χ3v) is 6.46. The van der Waals surface area contributed by atoms with E-state index in [1.165, 1.54) is 12.1 Å². The Balaban J connectivity index is 1.49. The third-order valence-electron chi connectivity index (χ3n) is 6.46. The first kappa shape index (κ1) is 26.5. The molecule has 0 aromatic carbocycles. The van der Waals surface area contributed by atoms with Crippen molar-refractivity contribution in [1.82, 2.24) is 24.8 Å². The molecule has 1 aliphatic rings. The van der Waals surface area contributed by atoms with Gasteiger partial charge in [-0.1, -0.05) is 6.07 Å². The second-order valence-corrected chi connectivity index (χ2v) is 9.23. The molecule has 0 bridgehead atoms. The second kappa shape index (κ2) is 11.2. The number of fused-ring (bicyclic) bond motifs is 1. The number of halogens is 3. The minimum absolute atomic E-state index is 0.0623. The first-order valence-corrected chi connectivity index (χ1v) is 12.2. The molecule has 8 nitrogen and oxygen atoms in total. The fourth-order valence-corrected chi connectivity index (χ4v) is 4.29. The lowest BCUT2D eigenvalue weighted by molar-refractivity contribution is -0.141. The molecule has 0 spiro atoms. The summed E-state index contributed by atoms with van der Waals surface area (Å²) in [6.07, 6.45) is -1.88. The van der Waals surface area contributed by atoms with Gasteiger partial charge in [0.2, 0.25) is 0 Å². The monoisotopic (exact) mass is 512 g/mol. The topological polar surface area (TPSA) is 107 Å². The van der Waals surface area contributed by atoms with Crippen LogP contribution in [0.2, 0.25) is 0 Å². The van der Waals surface area contributed by atoms with Crippen LogP contribution >= 0.6 is 0 Å². The normalized spacial score (nSPS) is 16.2. The van der Waals surface area contributed by atoms with Crippen LogP contribution in [0.4, 0.5) is 18.9 Å². The molecular formula is C26H31F3N8. The smallest absolute Gasteiger partial charge is 0.396 e. The maximum absolute atomic E-state index is 13.1. The fourth-order valence-electron chi connectivity index (χ4n) is 4.29. The van der Waals surface area contributed by atoms with Gasteiger partial charge in [-0.25, -0.2) is 9.97 Å². The molecular weight excluding hydrogens is 481 g/mol. The van der Waals surface area contributed by atoms with E-state index in [0.717, 1.165) is 57.2 Å². The Kier molecular flexibility index (Phi) is 8.03. The molecule has 0 saturated carbocycles. The van der Waals surface area contributed by atoms with E-state index >= 15 is 0 Å². The van der Waals surface area contributed by atoms with Gasteiger partial charge in [0.15, 0.2) is 0 Å². The first-order valence-electron chi connectivity index (χ1n) is 12.2. The minimum Gasteiger partial charge on any atom is -0.396 e. The Bertz CT molecular complexity index is 1280. The number of allylic oxidation sites excluding steroid dienone is 1. The third kappa shape index (κ3) is 6.41. The van der Waals surface area contributed by atoms with E-state index in [1.54, 1.807) is 18.3 Å². The van der Waals surface area contributed by atoms with Crippen molar-refractivity contribution >= 4 is 34.2 Å². The summed E-state index contributed by atoms with van der Waals surface area (Å²) in [7, 11) is 0. The van der Waals surface area contributed by atoms with Crippen molar-refractivity contribution < 1.29 is 13.2 Å². The van der Waals surface area contributed by atoms with Crippen LogP contribution in [0.15, 0.2) is 42.6 Å². The van der Waals surface area contributed by atoms with E-state index in [1.807, 2.05) is 6.07 Å². The van der Waals surface area contributed by atoms with Crippen LogP contribution in [0.3, 0.4) is 0 Å². The van der Waals surface area contributed by atoms with Crippen molar-refractivity contribution in [3.63, 3.8) is 0 Å². The molecule has 1 fully saturated rings. The molecule has 0 atom stereocenters. The minimum atomic E-state index is -4.60. The van der Waals surface area contributed by atoms with Gasteiger partial charge in [-0.2, -0.15) is 13.2 Å². The lowest BCUT2D eigenvalue weighted by atomic mass is 10.1. The molecule has 4 rings (SSSR count). The zero-order valence-electron chi connectivity index (χ0n) is 20.9. The summed E-state index contributed by atoms with van der Waals surface area (Å²) < 4.78 is 39.3. The lowest BCUT2D eigenvalue weighted by Crippen LogP contribution is -2.49. The zero-order valence-corrected chi connectivity index (χ0v) is 20.9. The van der Waals surface area contributed by atoms with E-state index in [-0.39, 0.29) is 17.0 Å². The summed E-state index contributed by atoms with van der Waals surface area (Å²) in [5.74, 6) is 0. The molecule has 37 heavy (non-hydrogen) atoms. The highest BCUT2D eigenvalue weighted by Crippen LogP contribution is 2.29. The van der Waals surface area contributed by atoms with Crippen LogP contribution in [0.25, 0.3) is 22.3 Å². The summed E-state index contributed by atoms with van der Waals surface area (Å²) >= 11 is 0. The highest BCUT2D eigenvalue weighted by molar-refractivity contribution is 6.17. The van der Waals surface area contributed by atoms with Crippen molar-refractivity contribution in [2.45, 2.75) is 26.1 Å². The van der Waals surface area contributed by atoms with Gasteiger partial charge < -0.3 is 16.5 Å². The molecule has 1 saturated heterocycles. The van der Waals surface area contributed by atoms with Crippen LogP contribution in [-0.4, -0.2) is 76.3 Å². The van der Waals surface area contributed by atoms with Gasteiger partial charge in [0, 0.05) is 57.1 Å². The molecule has 3 aromatic heterocycles. The van der Waals surface area contributed by atoms with Crippen molar-refractivity contribution in [2.24, 2.45) is 5.73 Å². The fraction of sp³-hybridized carbons (Fsp3) is 0.385. The van der Waals surface area contributed by atoms with Crippen molar-refractivity contribution in [1.29, 1.82) is 5.41 Å². The van der Waals surface area contributed by atoms with Gasteiger partial charge in [0.1, 0.15) is 5.69 Å². The SMILES string of the molecule is CC(C)N1CCN(CCNc2cnc3ccc(C(C=N)=C(N)c4cccc(C(F)(F)F)n4)nc3c2)CC1. The molecule has 0 aliphatic carbocycles. The van der Waals surface area contributed by atoms with Crippen molar-refractivity contribution in [3.05, 3.63) is 59.7 Å². The van der Waals surface area contributed by atoms with Gasteiger partial charge in [-0.05, 0) is 44.2 Å². The van der Waals surface area contributed by atoms with Gasteiger partial charge >= 0.3 is 6.18 Å². The highest BCUT2D eigenvalue weighted by atomic mass is 19.4. The van der Waals surface area contributed by atoms with Crippen LogP contribution in [-0.2, 0) is 6.18 Å². The Labute approximate surface area is 213 Å². The first-order chi connectivity index (χ1) is 17.7. The number of rotatable bonds is 8. The Morgan fingerprint density at radius 2 is 1.84 bits per heavy atom. The number of nitrogens with two attached hydrogens (primary N) is 1. The van der Waals surface area contributed by atoms with Gasteiger partial charge in [0.25, 0.3) is 0 Å². The van der Waals surface area contributed by atoms with Crippen LogP contribution in [0, 0.1) is 5.41 Å². The van der Waals surface area contributed by atoms with Crippen LogP contribution in [0.5, 0.6) is 0 Å². The predicted molar refractivity (Wildman–Crippen MR) is 140 cm³/mol. The molecule has 0 amide bonds. The van der Waals surface area contributed by atoms with Gasteiger partial charge in [0.05, 0.1) is 40.0 Å². The highest BCUT2D eigenvalue weighted by Gasteiger charge is 2.32. The number of hydrogen-bond donors (Lipinski definition) is 3. The summed E-state index contributed by atoms with van der Waals surface area (Å²) in [6, 6.07) is 9.30. The number of nitrogens with one attached hydrogen (secondary N) is 2. The molecule has 3 aromatic rings. The Morgan fingerprint density at radius 3 is 2.51 bits per heavy atom. The number of piperazine rings is 1. The van der Waals surface area contributed by atoms with Gasteiger partial charge in [-0.15, -0.1) is 0 Å². The van der Waals surface area contributed by atoms with Crippen molar-refractivity contribution in [2.75, 3.05) is 44.6 Å². The molecule has 0 unspecified atom stereocenters. The number of pyridine rings is 3. The average molecular weight is 513 g/mol. The second-order valence-electron chi connectivity index (χ2n) is 9.23.